The van der Waals surface area contributed by atoms with E-state index in [9.17, 15) is 47.2 Å². The number of methoxy groups -OCH3 is 1. The number of rotatable bonds is 16. The molecule has 3 aliphatic rings. The quantitative estimate of drug-likeness (QED) is 0.0442. The Labute approximate surface area is 270 Å². The highest BCUT2D eigenvalue weighted by atomic mass is 32.3. The monoisotopic (exact) mass is 732 g/mol. The lowest BCUT2D eigenvalue weighted by Crippen LogP contribution is -2.64. The van der Waals surface area contributed by atoms with E-state index in [0.29, 0.717) is 18.6 Å². The largest absolute Gasteiger partial charge is 0.479 e. The van der Waals surface area contributed by atoms with Crippen LogP contribution in [0, 0.1) is 5.92 Å². The molecule has 0 spiro atoms. The number of ether oxygens (including phenoxy) is 6. The van der Waals surface area contributed by atoms with Gasteiger partial charge in [-0.15, -0.1) is 0 Å². The molecule has 3 rings (SSSR count). The molecule has 3 heterocycles. The number of thiol groups is 1. The number of aliphatic carboxylic acids is 1. The molecule has 23 heteroatoms. The number of hydrogen-bond donors (Lipinski definition) is 8. The van der Waals surface area contributed by atoms with E-state index in [1.807, 2.05) is 0 Å². The minimum Gasteiger partial charge on any atom is -0.479 e. The van der Waals surface area contributed by atoms with Crippen molar-refractivity contribution in [3.8, 4) is 0 Å². The third kappa shape index (κ3) is 10.3. The number of unbranched alkanes of at least 4 members (excludes halogenated alkanes) is 1. The van der Waals surface area contributed by atoms with Gasteiger partial charge in [-0.05, 0) is 25.0 Å². The molecule has 5 unspecified atom stereocenters. The number of carbonyl (C=O) groups is 1. The molecule has 14 atom stereocenters. The van der Waals surface area contributed by atoms with E-state index in [2.05, 4.69) is 21.0 Å². The van der Waals surface area contributed by atoms with Gasteiger partial charge < -0.3 is 54.0 Å². The third-order valence-corrected chi connectivity index (χ3v) is 8.90. The molecule has 0 amide bonds. The van der Waals surface area contributed by atoms with Gasteiger partial charge in [0.1, 0.15) is 48.8 Å². The van der Waals surface area contributed by atoms with Crippen LogP contribution in [-0.4, -0.2) is 163 Å². The van der Waals surface area contributed by atoms with Crippen molar-refractivity contribution in [3.63, 3.8) is 0 Å². The predicted molar refractivity (Wildman–Crippen MR) is 150 cm³/mol. The Morgan fingerprint density at radius 2 is 1.30 bits per heavy atom. The summed E-state index contributed by atoms with van der Waals surface area (Å²) in [5, 5.41) is 53.4. The van der Waals surface area contributed by atoms with Crippen LogP contribution in [0.5, 0.6) is 0 Å². The molecular weight excluding hydrogens is 692 g/mol. The normalized spacial score (nSPS) is 40.6. The van der Waals surface area contributed by atoms with Gasteiger partial charge in [-0.25, -0.2) is 13.2 Å². The predicted octanol–water partition coefficient (Wildman–Crippen LogP) is -3.11. The zero-order chi connectivity index (χ0) is 34.6. The number of carboxylic acids is 1. The van der Waals surface area contributed by atoms with Crippen LogP contribution in [0.1, 0.15) is 26.2 Å². The molecule has 46 heavy (non-hydrogen) atoms. The molecule has 20 nitrogen and oxygen atoms in total. The van der Waals surface area contributed by atoms with E-state index in [4.69, 9.17) is 37.5 Å². The highest BCUT2D eigenvalue weighted by Gasteiger charge is 2.55. The molecule has 270 valence electrons. The molecule has 3 saturated heterocycles. The molecule has 0 aromatic carbocycles. The van der Waals surface area contributed by atoms with E-state index < -0.39 is 126 Å². The molecule has 7 N–H and O–H groups in total. The van der Waals surface area contributed by atoms with Crippen molar-refractivity contribution in [1.82, 2.24) is 0 Å². The summed E-state index contributed by atoms with van der Waals surface area (Å²) in [5.74, 6) is -2.18. The first-order chi connectivity index (χ1) is 21.4. The molecule has 0 aliphatic carbocycles. The Bertz CT molecular complexity index is 1200. The number of carboxylic acid groups (broad SMARTS) is 1. The topological polar surface area (TPSA) is 301 Å². The highest BCUT2D eigenvalue weighted by Crippen LogP contribution is 2.35. The zero-order valence-electron chi connectivity index (χ0n) is 24.5. The number of aliphatic hydroxyl groups excluding tert-OH is 4. The number of hydrogen-bond acceptors (Lipinski definition) is 18. The maximum Gasteiger partial charge on any atom is 0.397 e. The summed E-state index contributed by atoms with van der Waals surface area (Å²) in [4.78, 5) is 12.2. The summed E-state index contributed by atoms with van der Waals surface area (Å²) in [7, 11) is -8.70. The van der Waals surface area contributed by atoms with Crippen LogP contribution in [-0.2, 0) is 62.4 Å². The number of aliphatic hydroxyl groups is 4. The van der Waals surface area contributed by atoms with Gasteiger partial charge >= 0.3 is 26.8 Å². The van der Waals surface area contributed by atoms with Gasteiger partial charge in [-0.3, -0.25) is 9.11 Å². The van der Waals surface area contributed by atoms with Crippen molar-refractivity contribution in [3.05, 3.63) is 0 Å². The summed E-state index contributed by atoms with van der Waals surface area (Å²) in [6.07, 6.45) is -19.5. The Kier molecular flexibility index (Phi) is 14.4. The van der Waals surface area contributed by atoms with Crippen LogP contribution in [0.3, 0.4) is 0 Å². The lowest BCUT2D eigenvalue weighted by molar-refractivity contribution is -0.353. The Balaban J connectivity index is 1.78. The van der Waals surface area contributed by atoms with Gasteiger partial charge in [-0.2, -0.15) is 29.5 Å². The lowest BCUT2D eigenvalue weighted by Gasteiger charge is -2.46. The summed E-state index contributed by atoms with van der Waals surface area (Å²) in [6, 6.07) is 0. The van der Waals surface area contributed by atoms with Crippen LogP contribution in [0.25, 0.3) is 0 Å². The summed E-state index contributed by atoms with van der Waals surface area (Å²) in [6.45, 7) is -0.291. The molecule has 0 bridgehead atoms. The van der Waals surface area contributed by atoms with E-state index in [-0.39, 0.29) is 6.42 Å². The van der Waals surface area contributed by atoms with Gasteiger partial charge in [0.25, 0.3) is 0 Å². The molecular formula is C23H40O20S3. The third-order valence-electron chi connectivity index (χ3n) is 7.72. The van der Waals surface area contributed by atoms with Crippen LogP contribution in [0.4, 0.5) is 0 Å². The fraction of sp³-hybridized carbons (Fsp3) is 0.957. The summed E-state index contributed by atoms with van der Waals surface area (Å²) in [5.41, 5.74) is 0. The lowest BCUT2D eigenvalue weighted by atomic mass is 9.91. The fourth-order valence-corrected chi connectivity index (χ4v) is 6.20. The maximum absolute atomic E-state index is 12.2. The SMILES string of the molecule is CO[C@@H]1C(COS(=O)(=O)O)O[C@@H](O[C@@H]2C(C(=O)O)O[C@@H](O[C@@H]3C(O)[C@H](CCCCS)O[C@@H]3COS(=O)(=O)O)C(O)[C@H]2O)C(C)[C@H]1O. The molecule has 0 aromatic rings. The van der Waals surface area contributed by atoms with Crippen molar-refractivity contribution >= 4 is 39.4 Å². The average Bonchev–Trinajstić information content (AvgIpc) is 3.25. The van der Waals surface area contributed by atoms with Crippen LogP contribution >= 0.6 is 12.6 Å². The average molecular weight is 733 g/mol. The van der Waals surface area contributed by atoms with Crippen LogP contribution in [0.15, 0.2) is 0 Å². The second kappa shape index (κ2) is 16.7. The second-order valence-corrected chi connectivity index (χ2v) is 13.5. The van der Waals surface area contributed by atoms with Gasteiger partial charge in [0, 0.05) is 13.0 Å². The fourth-order valence-electron chi connectivity index (χ4n) is 5.36. The minimum absolute atomic E-state index is 0.264. The van der Waals surface area contributed by atoms with Gasteiger partial charge in [0.2, 0.25) is 0 Å². The van der Waals surface area contributed by atoms with E-state index >= 15 is 0 Å². The zero-order valence-corrected chi connectivity index (χ0v) is 27.1. The summed E-state index contributed by atoms with van der Waals surface area (Å²) < 4.78 is 104. The highest BCUT2D eigenvalue weighted by molar-refractivity contribution is 7.81. The minimum atomic E-state index is -4.94. The molecule has 0 saturated carbocycles. The van der Waals surface area contributed by atoms with Gasteiger partial charge in [0.15, 0.2) is 18.7 Å². The smallest absolute Gasteiger partial charge is 0.397 e. The van der Waals surface area contributed by atoms with Crippen LogP contribution in [0.2, 0.25) is 0 Å². The van der Waals surface area contributed by atoms with Gasteiger partial charge in [-0.1, -0.05) is 6.92 Å². The molecule has 3 fully saturated rings. The Hall–Kier alpha value is -0.840. The standard InChI is InChI=1S/C23H40O20S3/c1-9-13(24)17(36-2)11(7-37-45(30,31)32)40-22(9)42-19-15(26)16(27)23(43-20(19)21(28)29)41-18-12(8-38-46(33,34)35)39-10(14(18)25)5-3-4-6-44/h9-20,22-27,44H,3-8H2,1-2H3,(H,28,29)(H,30,31,32)(H,33,34,35)/t9?,10-,11?,12+,13+,14?,15+,16?,17+,18-,19-,20?,22-,23+/m0/s1. The molecule has 0 aromatic heterocycles. The second-order valence-electron chi connectivity index (χ2n) is 10.9. The van der Waals surface area contributed by atoms with Gasteiger partial charge in [0.05, 0.1) is 25.4 Å². The van der Waals surface area contributed by atoms with E-state index in [1.165, 1.54) is 14.0 Å². The Morgan fingerprint density at radius 3 is 1.83 bits per heavy atom. The van der Waals surface area contributed by atoms with Crippen molar-refractivity contribution in [2.24, 2.45) is 5.92 Å². The Morgan fingerprint density at radius 1 is 0.739 bits per heavy atom. The van der Waals surface area contributed by atoms with Crippen LogP contribution < -0.4 is 0 Å². The molecule has 3 aliphatic heterocycles. The summed E-state index contributed by atoms with van der Waals surface area (Å²) >= 11 is 4.11. The van der Waals surface area contributed by atoms with Crippen molar-refractivity contribution in [1.29, 1.82) is 0 Å². The first kappa shape index (κ1) is 39.6. The maximum atomic E-state index is 12.2. The first-order valence-electron chi connectivity index (χ1n) is 14.0. The first-order valence-corrected chi connectivity index (χ1v) is 17.3. The van der Waals surface area contributed by atoms with E-state index in [0.717, 1.165) is 0 Å². The molecule has 0 radical (unpaired) electrons. The van der Waals surface area contributed by atoms with Crippen molar-refractivity contribution in [2.45, 2.75) is 106 Å². The van der Waals surface area contributed by atoms with E-state index in [1.54, 1.807) is 0 Å². The van der Waals surface area contributed by atoms with Crippen molar-refractivity contribution < 1.29 is 93.1 Å². The van der Waals surface area contributed by atoms with Crippen molar-refractivity contribution in [2.75, 3.05) is 26.1 Å².